The Morgan fingerprint density at radius 3 is 2.63 bits per heavy atom. The first-order valence-electron chi connectivity index (χ1n) is 8.78. The number of carbonyl (C=O) groups is 2. The highest BCUT2D eigenvalue weighted by Crippen LogP contribution is 2.30. The summed E-state index contributed by atoms with van der Waals surface area (Å²) in [5.41, 5.74) is 8.65. The van der Waals surface area contributed by atoms with Gasteiger partial charge < -0.3 is 15.8 Å². The number of para-hydroxylation sites is 1. The fraction of sp³-hybridized carbons (Fsp3) is 0.190. The molecule has 1 aromatic heterocycles. The molecule has 0 spiro atoms. The maximum atomic E-state index is 12.5. The Morgan fingerprint density at radius 2 is 1.89 bits per heavy atom. The highest BCUT2D eigenvalue weighted by Gasteiger charge is 2.19. The van der Waals surface area contributed by atoms with Gasteiger partial charge in [-0.1, -0.05) is 42.5 Å². The minimum Gasteiger partial charge on any atom is -0.462 e. The minimum atomic E-state index is -0.535. The third kappa shape index (κ3) is 4.23. The Balaban J connectivity index is 1.90. The second-order valence-corrected chi connectivity index (χ2v) is 6.04. The van der Waals surface area contributed by atoms with Crippen LogP contribution in [0.4, 0.5) is 11.4 Å². The number of anilines is 2. The molecule has 0 unspecified atom stereocenters. The van der Waals surface area contributed by atoms with Gasteiger partial charge in [0.05, 0.1) is 23.5 Å². The van der Waals surface area contributed by atoms with Gasteiger partial charge in [0.2, 0.25) is 5.91 Å². The van der Waals surface area contributed by atoms with E-state index in [1.54, 1.807) is 25.1 Å². The van der Waals surface area contributed by atoms with Crippen molar-refractivity contribution in [1.82, 2.24) is 4.98 Å². The monoisotopic (exact) mass is 363 g/mol. The molecule has 0 bridgehead atoms. The number of esters is 1. The maximum Gasteiger partial charge on any atom is 0.341 e. The quantitative estimate of drug-likeness (QED) is 0.516. The molecule has 6 nitrogen and oxygen atoms in total. The smallest absolute Gasteiger partial charge is 0.341 e. The summed E-state index contributed by atoms with van der Waals surface area (Å²) in [5, 5.41) is 3.46. The van der Waals surface area contributed by atoms with E-state index in [9.17, 15) is 9.59 Å². The summed E-state index contributed by atoms with van der Waals surface area (Å²) >= 11 is 0. The summed E-state index contributed by atoms with van der Waals surface area (Å²) in [7, 11) is 0. The number of fused-ring (bicyclic) bond motifs is 1. The number of nitrogen functional groups attached to an aromatic ring is 1. The van der Waals surface area contributed by atoms with Crippen LogP contribution in [-0.2, 0) is 16.0 Å². The van der Waals surface area contributed by atoms with Crippen LogP contribution >= 0.6 is 0 Å². The van der Waals surface area contributed by atoms with Crippen LogP contribution in [0.5, 0.6) is 0 Å². The Hall–Kier alpha value is -3.41. The number of ether oxygens (including phenoxy) is 1. The first kappa shape index (κ1) is 18.4. The molecule has 0 saturated heterocycles. The van der Waals surface area contributed by atoms with Gasteiger partial charge >= 0.3 is 5.97 Å². The first-order valence-corrected chi connectivity index (χ1v) is 8.78. The van der Waals surface area contributed by atoms with Crippen LogP contribution in [0.1, 0.15) is 29.3 Å². The van der Waals surface area contributed by atoms with E-state index in [1.165, 1.54) is 6.20 Å². The Kier molecular flexibility index (Phi) is 5.66. The summed E-state index contributed by atoms with van der Waals surface area (Å²) in [6.45, 7) is 1.96. The fourth-order valence-corrected chi connectivity index (χ4v) is 2.85. The van der Waals surface area contributed by atoms with Crippen molar-refractivity contribution in [2.45, 2.75) is 19.8 Å². The highest BCUT2D eigenvalue weighted by molar-refractivity contribution is 6.11. The van der Waals surface area contributed by atoms with E-state index in [2.05, 4.69) is 10.3 Å². The predicted octanol–water partition coefficient (Wildman–Crippen LogP) is 3.57. The fourth-order valence-electron chi connectivity index (χ4n) is 2.85. The van der Waals surface area contributed by atoms with E-state index < -0.39 is 5.97 Å². The van der Waals surface area contributed by atoms with Crippen molar-refractivity contribution >= 4 is 34.2 Å². The first-order chi connectivity index (χ1) is 13.1. The van der Waals surface area contributed by atoms with Crippen molar-refractivity contribution in [3.63, 3.8) is 0 Å². The Bertz CT molecular complexity index is 971. The number of carbonyl (C=O) groups excluding carboxylic acids is 2. The van der Waals surface area contributed by atoms with Crippen molar-refractivity contribution < 1.29 is 14.3 Å². The van der Waals surface area contributed by atoms with Gasteiger partial charge in [-0.15, -0.1) is 0 Å². The molecule has 6 heteroatoms. The molecule has 3 rings (SSSR count). The molecular formula is C21H21N3O3. The topological polar surface area (TPSA) is 94.3 Å². The predicted molar refractivity (Wildman–Crippen MR) is 106 cm³/mol. The Labute approximate surface area is 157 Å². The summed E-state index contributed by atoms with van der Waals surface area (Å²) in [4.78, 5) is 29.1. The average Bonchev–Trinajstić information content (AvgIpc) is 2.68. The number of pyridine rings is 1. The van der Waals surface area contributed by atoms with E-state index in [0.717, 1.165) is 5.56 Å². The van der Waals surface area contributed by atoms with E-state index in [0.29, 0.717) is 35.1 Å². The summed E-state index contributed by atoms with van der Waals surface area (Å²) in [5.74, 6) is -0.730. The molecule has 0 aliphatic carbocycles. The number of benzene rings is 2. The molecule has 27 heavy (non-hydrogen) atoms. The molecule has 1 amide bonds. The van der Waals surface area contributed by atoms with Crippen molar-refractivity contribution in [2.24, 2.45) is 0 Å². The molecule has 2 aromatic carbocycles. The molecule has 1 heterocycles. The summed E-state index contributed by atoms with van der Waals surface area (Å²) in [6, 6.07) is 15.0. The second-order valence-electron chi connectivity index (χ2n) is 6.04. The summed E-state index contributed by atoms with van der Waals surface area (Å²) < 4.78 is 5.10. The molecule has 0 atom stereocenters. The normalized spacial score (nSPS) is 10.6. The maximum absolute atomic E-state index is 12.5. The molecule has 0 radical (unpaired) electrons. The molecule has 3 aromatic rings. The number of amides is 1. The van der Waals surface area contributed by atoms with Crippen LogP contribution in [0, 0.1) is 0 Å². The third-order valence-corrected chi connectivity index (χ3v) is 4.17. The van der Waals surface area contributed by atoms with Gasteiger partial charge in [0, 0.05) is 18.0 Å². The molecule has 0 fully saturated rings. The van der Waals surface area contributed by atoms with Crippen LogP contribution in [0.2, 0.25) is 0 Å². The van der Waals surface area contributed by atoms with Crippen LogP contribution in [0.15, 0.2) is 54.7 Å². The van der Waals surface area contributed by atoms with Crippen molar-refractivity contribution in [3.05, 3.63) is 65.9 Å². The van der Waals surface area contributed by atoms with Crippen molar-refractivity contribution in [3.8, 4) is 0 Å². The van der Waals surface area contributed by atoms with Gasteiger partial charge in [0.1, 0.15) is 5.56 Å². The van der Waals surface area contributed by atoms with Crippen LogP contribution in [0.25, 0.3) is 10.9 Å². The van der Waals surface area contributed by atoms with Gasteiger partial charge in [-0.25, -0.2) is 4.79 Å². The number of nitrogens with zero attached hydrogens (tertiary/aromatic N) is 1. The number of hydrogen-bond acceptors (Lipinski definition) is 5. The number of aromatic nitrogens is 1. The van der Waals surface area contributed by atoms with Gasteiger partial charge in [-0.3, -0.25) is 9.78 Å². The van der Waals surface area contributed by atoms with Crippen LogP contribution < -0.4 is 11.1 Å². The molecular weight excluding hydrogens is 342 g/mol. The van der Waals surface area contributed by atoms with Crippen molar-refractivity contribution in [1.29, 1.82) is 0 Å². The second kappa shape index (κ2) is 8.31. The lowest BCUT2D eigenvalue weighted by atomic mass is 10.1. The van der Waals surface area contributed by atoms with Gasteiger partial charge in [-0.05, 0) is 25.0 Å². The lowest BCUT2D eigenvalue weighted by Gasteiger charge is -2.14. The largest absolute Gasteiger partial charge is 0.462 e. The van der Waals surface area contributed by atoms with E-state index in [-0.39, 0.29) is 18.1 Å². The van der Waals surface area contributed by atoms with Crippen LogP contribution in [0.3, 0.4) is 0 Å². The molecule has 3 N–H and O–H groups in total. The lowest BCUT2D eigenvalue weighted by molar-refractivity contribution is -0.116. The number of rotatable bonds is 6. The van der Waals surface area contributed by atoms with Gasteiger partial charge in [0.25, 0.3) is 0 Å². The zero-order valence-electron chi connectivity index (χ0n) is 15.1. The van der Waals surface area contributed by atoms with E-state index >= 15 is 0 Å². The van der Waals surface area contributed by atoms with Gasteiger partial charge in [-0.2, -0.15) is 0 Å². The minimum absolute atomic E-state index is 0.195. The highest BCUT2D eigenvalue weighted by atomic mass is 16.5. The molecule has 0 saturated carbocycles. The average molecular weight is 363 g/mol. The number of nitrogens with one attached hydrogen (secondary N) is 1. The lowest BCUT2D eigenvalue weighted by Crippen LogP contribution is -2.17. The Morgan fingerprint density at radius 1 is 1.11 bits per heavy atom. The van der Waals surface area contributed by atoms with E-state index in [1.807, 2.05) is 30.3 Å². The SMILES string of the molecule is CCOC(=O)c1cnc2c(N)cccc2c1NC(=O)CCc1ccccc1. The summed E-state index contributed by atoms with van der Waals surface area (Å²) in [6.07, 6.45) is 2.29. The van der Waals surface area contributed by atoms with E-state index in [4.69, 9.17) is 10.5 Å². The molecule has 0 aliphatic heterocycles. The zero-order valence-corrected chi connectivity index (χ0v) is 15.1. The zero-order chi connectivity index (χ0) is 19.2. The molecule has 138 valence electrons. The standard InChI is InChI=1S/C21H21N3O3/c1-2-27-21(26)16-13-23-20-15(9-6-10-17(20)22)19(16)24-18(25)12-11-14-7-4-3-5-8-14/h3-10,13H,2,11-12,22H2,1H3,(H,23,24,25). The number of hydrogen-bond donors (Lipinski definition) is 2. The number of nitrogens with two attached hydrogens (primary N) is 1. The van der Waals surface area contributed by atoms with Crippen LogP contribution in [-0.4, -0.2) is 23.5 Å². The number of aryl methyl sites for hydroxylation is 1. The third-order valence-electron chi connectivity index (χ3n) is 4.17. The molecule has 0 aliphatic rings. The van der Waals surface area contributed by atoms with Crippen molar-refractivity contribution in [2.75, 3.05) is 17.7 Å². The van der Waals surface area contributed by atoms with Gasteiger partial charge in [0.15, 0.2) is 0 Å².